The molecule has 0 heterocycles. The molecule has 0 fully saturated rings. The highest BCUT2D eigenvalue weighted by atomic mass is 79.9. The van der Waals surface area contributed by atoms with E-state index in [1.54, 1.807) is 6.07 Å². The van der Waals surface area contributed by atoms with Crippen LogP contribution in [0, 0.1) is 22.7 Å². The fourth-order valence-corrected chi connectivity index (χ4v) is 1.77. The van der Waals surface area contributed by atoms with Crippen LogP contribution in [0.4, 0.5) is 0 Å². The Hall–Kier alpha value is -1.32. The Morgan fingerprint density at radius 2 is 2.00 bits per heavy atom. The number of rotatable bonds is 2. The lowest BCUT2D eigenvalue weighted by atomic mass is 10.0. The Morgan fingerprint density at radius 1 is 1.29 bits per heavy atom. The molecule has 0 saturated carbocycles. The van der Waals surface area contributed by atoms with E-state index in [1.165, 1.54) is 0 Å². The molecule has 2 nitrogen and oxygen atoms in total. The summed E-state index contributed by atoms with van der Waals surface area (Å²) in [5.41, 5.74) is 2.63. The van der Waals surface area contributed by atoms with E-state index >= 15 is 0 Å². The molecule has 0 unspecified atom stereocenters. The van der Waals surface area contributed by atoms with Crippen LogP contribution in [0.1, 0.15) is 23.6 Å². The Kier molecular flexibility index (Phi) is 3.68. The van der Waals surface area contributed by atoms with E-state index in [4.69, 9.17) is 10.5 Å². The fraction of sp³-hybridized carbons (Fsp3) is 0.273. The van der Waals surface area contributed by atoms with Crippen LogP contribution in [0.15, 0.2) is 16.6 Å². The Balaban J connectivity index is 3.26. The third kappa shape index (κ3) is 2.13. The summed E-state index contributed by atoms with van der Waals surface area (Å²) in [5, 5.41) is 17.5. The second-order valence-electron chi connectivity index (χ2n) is 2.90. The summed E-state index contributed by atoms with van der Waals surface area (Å²) < 4.78 is 0.841. The Bertz CT molecular complexity index is 424. The maximum absolute atomic E-state index is 8.86. The zero-order valence-corrected chi connectivity index (χ0v) is 9.43. The first-order valence-corrected chi connectivity index (χ1v) is 5.10. The van der Waals surface area contributed by atoms with E-state index in [2.05, 4.69) is 28.1 Å². The molecule has 0 aliphatic carbocycles. The predicted molar refractivity (Wildman–Crippen MR) is 57.6 cm³/mol. The standard InChI is InChI=1S/C11H9BrN2/c1-2-8-5-9(3-4-13)11(12)6-10(8)7-14/h5-6H,2-3H2,1H3. The van der Waals surface area contributed by atoms with Crippen molar-refractivity contribution >= 4 is 15.9 Å². The molecular formula is C11H9BrN2. The van der Waals surface area contributed by atoms with E-state index < -0.39 is 0 Å². The average molecular weight is 249 g/mol. The molecule has 1 aromatic carbocycles. The van der Waals surface area contributed by atoms with Crippen LogP contribution in [0.5, 0.6) is 0 Å². The normalized spacial score (nSPS) is 9.14. The highest BCUT2D eigenvalue weighted by molar-refractivity contribution is 9.10. The van der Waals surface area contributed by atoms with Crippen LogP contribution >= 0.6 is 15.9 Å². The van der Waals surface area contributed by atoms with Crippen molar-refractivity contribution in [2.24, 2.45) is 0 Å². The molecule has 0 aliphatic rings. The molecule has 0 atom stereocenters. The van der Waals surface area contributed by atoms with Gasteiger partial charge >= 0.3 is 0 Å². The minimum Gasteiger partial charge on any atom is -0.198 e. The smallest absolute Gasteiger partial charge is 0.0994 e. The van der Waals surface area contributed by atoms with Gasteiger partial charge in [0.2, 0.25) is 0 Å². The lowest BCUT2D eigenvalue weighted by Crippen LogP contribution is -1.93. The lowest BCUT2D eigenvalue weighted by Gasteiger charge is -2.05. The second kappa shape index (κ2) is 4.79. The van der Waals surface area contributed by atoms with Gasteiger partial charge in [-0.3, -0.25) is 0 Å². The summed E-state index contributed by atoms with van der Waals surface area (Å²) in [4.78, 5) is 0. The van der Waals surface area contributed by atoms with Gasteiger partial charge < -0.3 is 0 Å². The van der Waals surface area contributed by atoms with Crippen molar-refractivity contribution in [2.75, 3.05) is 0 Å². The third-order valence-electron chi connectivity index (χ3n) is 2.04. The molecule has 1 rings (SSSR count). The largest absolute Gasteiger partial charge is 0.198 e. The average Bonchev–Trinajstić information content (AvgIpc) is 2.20. The van der Waals surface area contributed by atoms with Crippen molar-refractivity contribution in [1.82, 2.24) is 0 Å². The predicted octanol–water partition coefficient (Wildman–Crippen LogP) is 2.95. The molecule has 0 saturated heterocycles. The van der Waals surface area contributed by atoms with Crippen LogP contribution in [-0.2, 0) is 12.8 Å². The quantitative estimate of drug-likeness (QED) is 0.808. The minimum atomic E-state index is 0.374. The molecular weight excluding hydrogens is 240 g/mol. The number of hydrogen-bond donors (Lipinski definition) is 0. The van der Waals surface area contributed by atoms with Gasteiger partial charge in [0.25, 0.3) is 0 Å². The Labute approximate surface area is 91.9 Å². The molecule has 14 heavy (non-hydrogen) atoms. The third-order valence-corrected chi connectivity index (χ3v) is 2.78. The van der Waals surface area contributed by atoms with E-state index in [0.717, 1.165) is 22.0 Å². The van der Waals surface area contributed by atoms with Crippen molar-refractivity contribution in [1.29, 1.82) is 10.5 Å². The summed E-state index contributed by atoms with van der Waals surface area (Å²) in [6.45, 7) is 2.00. The van der Waals surface area contributed by atoms with Crippen molar-refractivity contribution < 1.29 is 0 Å². The van der Waals surface area contributed by atoms with Crippen molar-refractivity contribution in [3.8, 4) is 12.1 Å². The van der Waals surface area contributed by atoms with Crippen LogP contribution < -0.4 is 0 Å². The second-order valence-corrected chi connectivity index (χ2v) is 3.76. The lowest BCUT2D eigenvalue weighted by molar-refractivity contribution is 1.10. The monoisotopic (exact) mass is 248 g/mol. The molecule has 0 aliphatic heterocycles. The van der Waals surface area contributed by atoms with Gasteiger partial charge in [-0.15, -0.1) is 0 Å². The minimum absolute atomic E-state index is 0.374. The van der Waals surface area contributed by atoms with Gasteiger partial charge in [-0.25, -0.2) is 0 Å². The van der Waals surface area contributed by atoms with Gasteiger partial charge in [-0.1, -0.05) is 28.9 Å². The van der Waals surface area contributed by atoms with E-state index in [-0.39, 0.29) is 0 Å². The Morgan fingerprint density at radius 3 is 2.50 bits per heavy atom. The maximum Gasteiger partial charge on any atom is 0.0994 e. The molecule has 70 valence electrons. The SMILES string of the molecule is CCc1cc(CC#N)c(Br)cc1C#N. The van der Waals surface area contributed by atoms with Crippen molar-refractivity contribution in [3.05, 3.63) is 33.3 Å². The van der Waals surface area contributed by atoms with Crippen molar-refractivity contribution in [3.63, 3.8) is 0 Å². The van der Waals surface area contributed by atoms with Crippen LogP contribution in [0.25, 0.3) is 0 Å². The number of hydrogen-bond acceptors (Lipinski definition) is 2. The number of halogens is 1. The van der Waals surface area contributed by atoms with Gasteiger partial charge in [0.1, 0.15) is 0 Å². The highest BCUT2D eigenvalue weighted by Gasteiger charge is 2.06. The zero-order valence-electron chi connectivity index (χ0n) is 7.84. The number of nitriles is 2. The van der Waals surface area contributed by atoms with E-state index in [1.807, 2.05) is 13.0 Å². The molecule has 0 N–H and O–H groups in total. The summed E-state index contributed by atoms with van der Waals surface area (Å²) >= 11 is 3.35. The molecule has 0 radical (unpaired) electrons. The van der Waals surface area contributed by atoms with Gasteiger partial charge in [-0.05, 0) is 23.6 Å². The number of nitrogens with zero attached hydrogens (tertiary/aromatic N) is 2. The number of benzene rings is 1. The summed E-state index contributed by atoms with van der Waals surface area (Å²) in [6.07, 6.45) is 1.19. The molecule has 0 bridgehead atoms. The van der Waals surface area contributed by atoms with Crippen molar-refractivity contribution in [2.45, 2.75) is 19.8 Å². The zero-order chi connectivity index (χ0) is 10.6. The molecule has 1 aromatic rings. The first-order valence-electron chi connectivity index (χ1n) is 4.31. The molecule has 0 amide bonds. The van der Waals surface area contributed by atoms with Crippen LogP contribution in [0.2, 0.25) is 0 Å². The molecule has 3 heteroatoms. The van der Waals surface area contributed by atoms with Gasteiger partial charge in [-0.2, -0.15) is 10.5 Å². The summed E-state index contributed by atoms with van der Waals surface area (Å²) in [5.74, 6) is 0. The van der Waals surface area contributed by atoms with Crippen LogP contribution in [-0.4, -0.2) is 0 Å². The first kappa shape index (κ1) is 10.8. The van der Waals surface area contributed by atoms with E-state index in [9.17, 15) is 0 Å². The summed E-state index contributed by atoms with van der Waals surface area (Å²) in [6, 6.07) is 7.95. The van der Waals surface area contributed by atoms with Gasteiger partial charge in [0, 0.05) is 4.47 Å². The summed E-state index contributed by atoms with van der Waals surface area (Å²) in [7, 11) is 0. The first-order chi connectivity index (χ1) is 6.72. The number of aryl methyl sites for hydroxylation is 1. The topological polar surface area (TPSA) is 47.6 Å². The van der Waals surface area contributed by atoms with Gasteiger partial charge in [0.05, 0.1) is 24.1 Å². The maximum atomic E-state index is 8.86. The van der Waals surface area contributed by atoms with Gasteiger partial charge in [0.15, 0.2) is 0 Å². The highest BCUT2D eigenvalue weighted by Crippen LogP contribution is 2.22. The van der Waals surface area contributed by atoms with Crippen LogP contribution in [0.3, 0.4) is 0 Å². The van der Waals surface area contributed by atoms with E-state index in [0.29, 0.717) is 12.0 Å². The molecule has 0 spiro atoms. The fourth-order valence-electron chi connectivity index (χ4n) is 1.29. The molecule has 0 aromatic heterocycles.